The number of aromatic nitrogens is 1. The number of pyridine rings is 1. The maximum atomic E-state index is 4.53. The number of fused-ring (bicyclic) bond motifs is 1. The molecule has 2 rings (SSSR count). The minimum absolute atomic E-state index is 0.553. The van der Waals surface area contributed by atoms with Crippen molar-refractivity contribution in [1.29, 1.82) is 0 Å². The summed E-state index contributed by atoms with van der Waals surface area (Å²) in [7, 11) is 0. The van der Waals surface area contributed by atoms with E-state index < -0.39 is 0 Å². The highest BCUT2D eigenvalue weighted by Gasteiger charge is 2.15. The molecule has 2 heterocycles. The van der Waals surface area contributed by atoms with Crippen LogP contribution in [0.3, 0.4) is 0 Å². The Kier molecular flexibility index (Phi) is 1.68. The van der Waals surface area contributed by atoms with Crippen LogP contribution in [0.1, 0.15) is 19.4 Å². The molecule has 0 bridgehead atoms. The highest BCUT2D eigenvalue weighted by molar-refractivity contribution is 5.94. The van der Waals surface area contributed by atoms with E-state index in [0.717, 1.165) is 12.1 Å². The molecule has 0 unspecified atom stereocenters. The largest absolute Gasteiger partial charge is 0.264 e. The molecular weight excluding hydrogens is 148 g/mol. The normalized spacial score (nSPS) is 14.8. The van der Waals surface area contributed by atoms with Gasteiger partial charge in [-0.1, -0.05) is 13.8 Å². The topological polar surface area (TPSA) is 25.2 Å². The van der Waals surface area contributed by atoms with Crippen molar-refractivity contribution in [1.82, 2.24) is 4.98 Å². The lowest BCUT2D eigenvalue weighted by atomic mass is 10.0. The molecule has 0 saturated heterocycles. The molecule has 1 aliphatic heterocycles. The van der Waals surface area contributed by atoms with Gasteiger partial charge < -0.3 is 0 Å². The summed E-state index contributed by atoms with van der Waals surface area (Å²) in [5, 5.41) is 0. The highest BCUT2D eigenvalue weighted by atomic mass is 14.8. The predicted octanol–water partition coefficient (Wildman–Crippen LogP) is 2.37. The van der Waals surface area contributed by atoms with E-state index in [4.69, 9.17) is 0 Å². The maximum absolute atomic E-state index is 4.53. The van der Waals surface area contributed by atoms with Gasteiger partial charge in [-0.05, 0) is 12.0 Å². The highest BCUT2D eigenvalue weighted by Crippen LogP contribution is 2.27. The van der Waals surface area contributed by atoms with Crippen molar-refractivity contribution in [3.8, 4) is 0 Å². The molecule has 0 aromatic carbocycles. The maximum Gasteiger partial charge on any atom is 0.0695 e. The summed E-state index contributed by atoms with van der Waals surface area (Å²) < 4.78 is 0. The lowest BCUT2D eigenvalue weighted by molar-refractivity contribution is 0.871. The first kappa shape index (κ1) is 7.47. The van der Waals surface area contributed by atoms with E-state index in [-0.39, 0.29) is 0 Å². The molecular formula is C10H12N2. The molecule has 2 nitrogen and oxygen atoms in total. The third-order valence-corrected chi connectivity index (χ3v) is 2.18. The summed E-state index contributed by atoms with van der Waals surface area (Å²) >= 11 is 0. The molecule has 0 N–H and O–H groups in total. The Hall–Kier alpha value is -1.18. The zero-order valence-electron chi connectivity index (χ0n) is 7.41. The van der Waals surface area contributed by atoms with E-state index in [1.807, 2.05) is 12.3 Å². The Bertz CT molecular complexity index is 326. The molecule has 1 aromatic rings. The molecule has 1 aromatic heterocycles. The van der Waals surface area contributed by atoms with Crippen LogP contribution in [-0.2, 0) is 6.42 Å². The molecule has 0 amide bonds. The summed E-state index contributed by atoms with van der Waals surface area (Å²) in [5.74, 6) is 0.553. The molecule has 12 heavy (non-hydrogen) atoms. The van der Waals surface area contributed by atoms with Crippen LogP contribution < -0.4 is 0 Å². The first-order valence-electron chi connectivity index (χ1n) is 4.27. The monoisotopic (exact) mass is 160 g/mol. The van der Waals surface area contributed by atoms with Crippen molar-refractivity contribution in [3.05, 3.63) is 24.0 Å². The smallest absolute Gasteiger partial charge is 0.0695 e. The van der Waals surface area contributed by atoms with Crippen LogP contribution >= 0.6 is 0 Å². The standard InChI is InChI=1S/C10H12N2/c1-7(2)10-5-8-6-11-4-3-9(8)12-10/h3-4,6-7H,5H2,1-2H3. The lowest BCUT2D eigenvalue weighted by Gasteiger charge is -2.01. The molecule has 0 atom stereocenters. The molecule has 0 spiro atoms. The van der Waals surface area contributed by atoms with Crippen LogP contribution in [0.2, 0.25) is 0 Å². The van der Waals surface area contributed by atoms with Gasteiger partial charge in [0.2, 0.25) is 0 Å². The van der Waals surface area contributed by atoms with Gasteiger partial charge in [-0.25, -0.2) is 0 Å². The van der Waals surface area contributed by atoms with Gasteiger partial charge in [0.1, 0.15) is 0 Å². The van der Waals surface area contributed by atoms with Gasteiger partial charge in [-0.3, -0.25) is 9.98 Å². The Morgan fingerprint density at radius 3 is 2.92 bits per heavy atom. The predicted molar refractivity (Wildman–Crippen MR) is 49.9 cm³/mol. The first-order chi connectivity index (χ1) is 5.77. The second-order valence-electron chi connectivity index (χ2n) is 3.44. The summed E-state index contributed by atoms with van der Waals surface area (Å²) in [6, 6.07) is 1.98. The van der Waals surface area contributed by atoms with Crippen molar-refractivity contribution >= 4 is 11.4 Å². The first-order valence-corrected chi connectivity index (χ1v) is 4.27. The van der Waals surface area contributed by atoms with Crippen LogP contribution in [0.25, 0.3) is 0 Å². The average molecular weight is 160 g/mol. The minimum atomic E-state index is 0.553. The van der Waals surface area contributed by atoms with E-state index in [0.29, 0.717) is 5.92 Å². The van der Waals surface area contributed by atoms with Crippen molar-refractivity contribution in [2.45, 2.75) is 20.3 Å². The number of rotatable bonds is 1. The van der Waals surface area contributed by atoms with E-state index in [1.54, 1.807) is 6.20 Å². The van der Waals surface area contributed by atoms with Crippen LogP contribution in [0, 0.1) is 5.92 Å². The fourth-order valence-corrected chi connectivity index (χ4v) is 1.39. The van der Waals surface area contributed by atoms with Crippen molar-refractivity contribution in [2.75, 3.05) is 0 Å². The Morgan fingerprint density at radius 1 is 1.42 bits per heavy atom. The van der Waals surface area contributed by atoms with Crippen LogP contribution in [0.5, 0.6) is 0 Å². The van der Waals surface area contributed by atoms with Crippen LogP contribution in [0.4, 0.5) is 5.69 Å². The zero-order valence-corrected chi connectivity index (χ0v) is 7.41. The van der Waals surface area contributed by atoms with Crippen molar-refractivity contribution < 1.29 is 0 Å². The SMILES string of the molecule is CC(C)C1=Nc2ccncc2C1. The molecule has 0 aliphatic carbocycles. The van der Waals surface area contributed by atoms with E-state index in [9.17, 15) is 0 Å². The molecule has 62 valence electrons. The van der Waals surface area contributed by atoms with Crippen LogP contribution in [0.15, 0.2) is 23.5 Å². The van der Waals surface area contributed by atoms with E-state index in [2.05, 4.69) is 23.8 Å². The number of hydrogen-bond donors (Lipinski definition) is 0. The van der Waals surface area contributed by atoms with Crippen LogP contribution in [-0.4, -0.2) is 10.7 Å². The van der Waals surface area contributed by atoms with E-state index >= 15 is 0 Å². The summed E-state index contributed by atoms with van der Waals surface area (Å²) in [6.07, 6.45) is 4.70. The number of hydrogen-bond acceptors (Lipinski definition) is 2. The fraction of sp³-hybridized carbons (Fsp3) is 0.400. The third kappa shape index (κ3) is 1.13. The van der Waals surface area contributed by atoms with Crippen molar-refractivity contribution in [2.24, 2.45) is 10.9 Å². The average Bonchev–Trinajstić information content (AvgIpc) is 2.46. The lowest BCUT2D eigenvalue weighted by Crippen LogP contribution is -2.06. The van der Waals surface area contributed by atoms with Crippen molar-refractivity contribution in [3.63, 3.8) is 0 Å². The summed E-state index contributed by atoms with van der Waals surface area (Å²) in [4.78, 5) is 8.60. The Labute approximate surface area is 72.4 Å². The Morgan fingerprint density at radius 2 is 2.25 bits per heavy atom. The molecule has 0 saturated carbocycles. The van der Waals surface area contributed by atoms with Gasteiger partial charge in [-0.15, -0.1) is 0 Å². The quantitative estimate of drug-likeness (QED) is 0.619. The molecule has 0 fully saturated rings. The van der Waals surface area contributed by atoms with Gasteiger partial charge >= 0.3 is 0 Å². The molecule has 1 aliphatic rings. The van der Waals surface area contributed by atoms with Gasteiger partial charge in [0, 0.05) is 30.1 Å². The van der Waals surface area contributed by atoms with Gasteiger partial charge in [0.15, 0.2) is 0 Å². The summed E-state index contributed by atoms with van der Waals surface area (Å²) in [5.41, 5.74) is 3.65. The third-order valence-electron chi connectivity index (χ3n) is 2.18. The zero-order chi connectivity index (χ0) is 8.55. The van der Waals surface area contributed by atoms with Gasteiger partial charge in [-0.2, -0.15) is 0 Å². The van der Waals surface area contributed by atoms with E-state index in [1.165, 1.54) is 11.3 Å². The van der Waals surface area contributed by atoms with Gasteiger partial charge in [0.25, 0.3) is 0 Å². The molecule has 0 radical (unpaired) electrons. The molecule has 2 heteroatoms. The number of aliphatic imine (C=N–C) groups is 1. The Balaban J connectivity index is 2.35. The summed E-state index contributed by atoms with van der Waals surface area (Å²) in [6.45, 7) is 4.36. The second-order valence-corrected chi connectivity index (χ2v) is 3.44. The fourth-order valence-electron chi connectivity index (χ4n) is 1.39. The minimum Gasteiger partial charge on any atom is -0.264 e. The number of nitrogens with zero attached hydrogens (tertiary/aromatic N) is 2. The van der Waals surface area contributed by atoms with Gasteiger partial charge in [0.05, 0.1) is 5.69 Å². The second kappa shape index (κ2) is 2.70.